The van der Waals surface area contributed by atoms with Gasteiger partial charge in [-0.25, -0.2) is 18.7 Å². The van der Waals surface area contributed by atoms with Crippen LogP contribution in [0.25, 0.3) is 22.0 Å². The fraction of sp³-hybridized carbons (Fsp3) is 0. The molecule has 3 rings (SSSR count). The van der Waals surface area contributed by atoms with Crippen molar-refractivity contribution in [3.05, 3.63) is 53.3 Å². The third kappa shape index (κ3) is 1.96. The molecule has 0 fully saturated rings. The van der Waals surface area contributed by atoms with Crippen molar-refractivity contribution in [2.75, 3.05) is 5.73 Å². The molecule has 0 unspecified atom stereocenters. The van der Waals surface area contributed by atoms with Crippen molar-refractivity contribution in [2.24, 2.45) is 0 Å². The molecule has 3 nitrogen and oxygen atoms in total. The molecule has 3 aromatic rings. The van der Waals surface area contributed by atoms with Crippen LogP contribution in [-0.2, 0) is 0 Å². The molecule has 0 amide bonds. The van der Waals surface area contributed by atoms with Crippen molar-refractivity contribution >= 4 is 28.3 Å². The van der Waals surface area contributed by atoms with Crippen LogP contribution < -0.4 is 5.73 Å². The number of fused-ring (bicyclic) bond motifs is 1. The van der Waals surface area contributed by atoms with E-state index in [1.54, 1.807) is 6.07 Å². The van der Waals surface area contributed by atoms with Crippen molar-refractivity contribution in [2.45, 2.75) is 0 Å². The Bertz CT molecular complexity index is 821. The number of hydrogen-bond acceptors (Lipinski definition) is 3. The first-order valence-corrected chi connectivity index (χ1v) is 6.10. The number of hydrogen-bond donors (Lipinski definition) is 1. The van der Waals surface area contributed by atoms with Gasteiger partial charge < -0.3 is 5.73 Å². The molecule has 20 heavy (non-hydrogen) atoms. The topological polar surface area (TPSA) is 51.8 Å². The molecule has 0 aliphatic heterocycles. The molecule has 1 aromatic heterocycles. The minimum absolute atomic E-state index is 0.0180. The average Bonchev–Trinajstić information content (AvgIpc) is 2.43. The molecule has 2 N–H and O–H groups in total. The molecule has 100 valence electrons. The first-order chi connectivity index (χ1) is 9.58. The van der Waals surface area contributed by atoms with Gasteiger partial charge in [0.15, 0.2) is 0 Å². The molecule has 0 aliphatic rings. The SMILES string of the molecule is Nc1ncnc2c(F)ccc(-c3ccc(Cl)c(F)c3)c12. The molecule has 0 saturated heterocycles. The maximum Gasteiger partial charge on any atom is 0.149 e. The number of benzene rings is 2. The molecule has 0 bridgehead atoms. The Labute approximate surface area is 118 Å². The second-order valence-electron chi connectivity index (χ2n) is 4.21. The summed E-state index contributed by atoms with van der Waals surface area (Å²) in [6.07, 6.45) is 1.19. The smallest absolute Gasteiger partial charge is 0.149 e. The molecule has 0 atom stereocenters. The Morgan fingerprint density at radius 3 is 2.55 bits per heavy atom. The van der Waals surface area contributed by atoms with Crippen LogP contribution in [0.15, 0.2) is 36.7 Å². The predicted molar refractivity (Wildman–Crippen MR) is 74.3 cm³/mol. The van der Waals surface area contributed by atoms with Gasteiger partial charge in [-0.2, -0.15) is 0 Å². The summed E-state index contributed by atoms with van der Waals surface area (Å²) in [6.45, 7) is 0. The van der Waals surface area contributed by atoms with E-state index in [-0.39, 0.29) is 16.4 Å². The standard InChI is InChI=1S/C14H8ClF2N3/c15-9-3-1-7(5-11(9)17)8-2-4-10(16)13-12(8)14(18)20-6-19-13/h1-6H,(H2,18,19,20). The quantitative estimate of drug-likeness (QED) is 0.742. The van der Waals surface area contributed by atoms with Crippen LogP contribution in [-0.4, -0.2) is 9.97 Å². The van der Waals surface area contributed by atoms with Gasteiger partial charge in [0.25, 0.3) is 0 Å². The van der Waals surface area contributed by atoms with Crippen molar-refractivity contribution in [1.29, 1.82) is 0 Å². The van der Waals surface area contributed by atoms with Crippen molar-refractivity contribution in [1.82, 2.24) is 9.97 Å². The largest absolute Gasteiger partial charge is 0.383 e. The lowest BCUT2D eigenvalue weighted by molar-refractivity contribution is 0.629. The molecule has 6 heteroatoms. The molecular formula is C14H8ClF2N3. The first-order valence-electron chi connectivity index (χ1n) is 5.72. The lowest BCUT2D eigenvalue weighted by atomic mass is 10.0. The highest BCUT2D eigenvalue weighted by molar-refractivity contribution is 6.30. The van der Waals surface area contributed by atoms with Crippen molar-refractivity contribution < 1.29 is 8.78 Å². The van der Waals surface area contributed by atoms with Gasteiger partial charge in [0.2, 0.25) is 0 Å². The van der Waals surface area contributed by atoms with Crippen LogP contribution >= 0.6 is 11.6 Å². The summed E-state index contributed by atoms with van der Waals surface area (Å²) in [6, 6.07) is 7.10. The highest BCUT2D eigenvalue weighted by Crippen LogP contribution is 2.33. The summed E-state index contributed by atoms with van der Waals surface area (Å²) in [5, 5.41) is 0.374. The third-order valence-corrected chi connectivity index (χ3v) is 3.31. The average molecular weight is 292 g/mol. The number of aromatic nitrogens is 2. The molecule has 0 aliphatic carbocycles. The van der Waals surface area contributed by atoms with E-state index >= 15 is 0 Å². The summed E-state index contributed by atoms with van der Waals surface area (Å²) < 4.78 is 27.3. The Hall–Kier alpha value is -2.27. The Kier molecular flexibility index (Phi) is 2.99. The number of nitrogens with zero attached hydrogens (tertiary/aromatic N) is 2. The zero-order chi connectivity index (χ0) is 14.3. The highest BCUT2D eigenvalue weighted by atomic mass is 35.5. The number of rotatable bonds is 1. The Balaban J connectivity index is 2.36. The maximum atomic E-state index is 13.8. The highest BCUT2D eigenvalue weighted by Gasteiger charge is 2.13. The maximum absolute atomic E-state index is 13.8. The number of nitrogens with two attached hydrogens (primary N) is 1. The molecule has 2 aromatic carbocycles. The summed E-state index contributed by atoms with van der Waals surface area (Å²) in [4.78, 5) is 7.74. The van der Waals surface area contributed by atoms with Crippen LogP contribution in [0.1, 0.15) is 0 Å². The number of anilines is 1. The molecule has 1 heterocycles. The van der Waals surface area contributed by atoms with E-state index in [0.29, 0.717) is 16.5 Å². The first kappa shape index (κ1) is 12.7. The van der Waals surface area contributed by atoms with E-state index in [9.17, 15) is 8.78 Å². The van der Waals surface area contributed by atoms with Gasteiger partial charge in [0, 0.05) is 0 Å². The number of halogens is 3. The van der Waals surface area contributed by atoms with Crippen LogP contribution in [0, 0.1) is 11.6 Å². The van der Waals surface area contributed by atoms with Crippen molar-refractivity contribution in [3.63, 3.8) is 0 Å². The second kappa shape index (κ2) is 4.68. The lowest BCUT2D eigenvalue weighted by Crippen LogP contribution is -1.97. The molecular weight excluding hydrogens is 284 g/mol. The second-order valence-corrected chi connectivity index (χ2v) is 4.61. The Morgan fingerprint density at radius 2 is 1.80 bits per heavy atom. The van der Waals surface area contributed by atoms with Gasteiger partial charge in [0.05, 0.1) is 10.4 Å². The van der Waals surface area contributed by atoms with E-state index in [1.807, 2.05) is 0 Å². The summed E-state index contributed by atoms with van der Waals surface area (Å²) in [5.74, 6) is -0.927. The molecule has 0 spiro atoms. The van der Waals surface area contributed by atoms with Gasteiger partial charge in [-0.1, -0.05) is 23.7 Å². The summed E-state index contributed by atoms with van der Waals surface area (Å²) in [5.41, 5.74) is 6.97. The van der Waals surface area contributed by atoms with Gasteiger partial charge in [-0.3, -0.25) is 0 Å². The van der Waals surface area contributed by atoms with E-state index in [4.69, 9.17) is 17.3 Å². The number of nitrogen functional groups attached to an aromatic ring is 1. The fourth-order valence-electron chi connectivity index (χ4n) is 2.07. The Morgan fingerprint density at radius 1 is 1.00 bits per heavy atom. The van der Waals surface area contributed by atoms with Crippen LogP contribution in [0.3, 0.4) is 0 Å². The minimum atomic E-state index is -0.558. The zero-order valence-corrected chi connectivity index (χ0v) is 10.8. The fourth-order valence-corrected chi connectivity index (χ4v) is 2.19. The summed E-state index contributed by atoms with van der Waals surface area (Å²) in [7, 11) is 0. The lowest BCUT2D eigenvalue weighted by Gasteiger charge is -2.09. The van der Waals surface area contributed by atoms with Gasteiger partial charge in [-0.05, 0) is 29.3 Å². The van der Waals surface area contributed by atoms with Crippen LogP contribution in [0.4, 0.5) is 14.6 Å². The molecule has 0 saturated carbocycles. The predicted octanol–water partition coefficient (Wildman–Crippen LogP) is 3.81. The van der Waals surface area contributed by atoms with Gasteiger partial charge in [-0.15, -0.1) is 0 Å². The van der Waals surface area contributed by atoms with Crippen LogP contribution in [0.5, 0.6) is 0 Å². The van der Waals surface area contributed by atoms with Crippen molar-refractivity contribution in [3.8, 4) is 11.1 Å². The monoisotopic (exact) mass is 291 g/mol. The molecule has 0 radical (unpaired) electrons. The summed E-state index contributed by atoms with van der Waals surface area (Å²) >= 11 is 5.66. The van der Waals surface area contributed by atoms with Crippen LogP contribution in [0.2, 0.25) is 5.02 Å². The van der Waals surface area contributed by atoms with E-state index in [1.165, 1.54) is 30.6 Å². The van der Waals surface area contributed by atoms with E-state index < -0.39 is 11.6 Å². The minimum Gasteiger partial charge on any atom is -0.383 e. The van der Waals surface area contributed by atoms with Gasteiger partial charge in [0.1, 0.15) is 29.3 Å². The van der Waals surface area contributed by atoms with E-state index in [2.05, 4.69) is 9.97 Å². The normalized spacial score (nSPS) is 10.9. The zero-order valence-electron chi connectivity index (χ0n) is 10.1. The third-order valence-electron chi connectivity index (χ3n) is 3.00. The van der Waals surface area contributed by atoms with E-state index in [0.717, 1.165) is 0 Å². The van der Waals surface area contributed by atoms with Gasteiger partial charge >= 0.3 is 0 Å².